The van der Waals surface area contributed by atoms with E-state index in [2.05, 4.69) is 42.2 Å². The Kier molecular flexibility index (Phi) is 4.45. The van der Waals surface area contributed by atoms with Crippen LogP contribution in [0.3, 0.4) is 0 Å². The molecular weight excluding hydrogens is 242 g/mol. The van der Waals surface area contributed by atoms with E-state index in [1.807, 2.05) is 0 Å². The van der Waals surface area contributed by atoms with Crippen LogP contribution in [0, 0.1) is 12.8 Å². The summed E-state index contributed by atoms with van der Waals surface area (Å²) >= 11 is 0. The van der Waals surface area contributed by atoms with Crippen LogP contribution in [0.1, 0.15) is 56.9 Å². The number of rotatable bonds is 4. The van der Waals surface area contributed by atoms with Gasteiger partial charge in [-0.25, -0.2) is 0 Å². The molecule has 1 aromatic rings. The maximum atomic E-state index is 4.04. The predicted octanol–water partition coefficient (Wildman–Crippen LogP) is 4.78. The second kappa shape index (κ2) is 6.30. The molecule has 1 saturated carbocycles. The molecule has 1 heterocycles. The number of hydrogen-bond donors (Lipinski definition) is 0. The van der Waals surface area contributed by atoms with Crippen molar-refractivity contribution < 1.29 is 0 Å². The summed E-state index contributed by atoms with van der Waals surface area (Å²) in [5.74, 6) is 0.923. The molecule has 3 rings (SSSR count). The highest BCUT2D eigenvalue weighted by Gasteiger charge is 2.42. The van der Waals surface area contributed by atoms with Crippen molar-refractivity contribution in [2.24, 2.45) is 5.92 Å². The van der Waals surface area contributed by atoms with Crippen molar-refractivity contribution in [1.82, 2.24) is 4.90 Å². The first-order valence-corrected chi connectivity index (χ1v) is 8.45. The van der Waals surface area contributed by atoms with Crippen LogP contribution < -0.4 is 0 Å². The van der Waals surface area contributed by atoms with Gasteiger partial charge in [0.05, 0.1) is 0 Å². The van der Waals surface area contributed by atoms with Crippen LogP contribution in [0.4, 0.5) is 0 Å². The molecule has 1 nitrogen and oxygen atoms in total. The largest absolute Gasteiger partial charge is 0.294 e. The Morgan fingerprint density at radius 3 is 2.30 bits per heavy atom. The van der Waals surface area contributed by atoms with E-state index >= 15 is 0 Å². The van der Waals surface area contributed by atoms with Crippen molar-refractivity contribution in [2.45, 2.75) is 56.9 Å². The van der Waals surface area contributed by atoms with Gasteiger partial charge in [-0.15, -0.1) is 0 Å². The van der Waals surface area contributed by atoms with E-state index < -0.39 is 0 Å². The lowest BCUT2D eigenvalue weighted by Gasteiger charge is -2.47. The Bertz CT molecular complexity index is 397. The molecule has 0 spiro atoms. The first-order chi connectivity index (χ1) is 9.85. The van der Waals surface area contributed by atoms with Gasteiger partial charge in [-0.2, -0.15) is 0 Å². The van der Waals surface area contributed by atoms with E-state index in [1.165, 1.54) is 58.0 Å². The van der Waals surface area contributed by atoms with Gasteiger partial charge in [-0.3, -0.25) is 4.90 Å². The highest BCUT2D eigenvalue weighted by Crippen LogP contribution is 2.46. The average Bonchev–Trinajstić information content (AvgIpc) is 3.04. The van der Waals surface area contributed by atoms with Crippen LogP contribution in [0.25, 0.3) is 0 Å². The van der Waals surface area contributed by atoms with E-state index in [4.69, 9.17) is 0 Å². The summed E-state index contributed by atoms with van der Waals surface area (Å²) in [6.45, 7) is 6.64. The molecule has 20 heavy (non-hydrogen) atoms. The molecule has 0 aromatic heterocycles. The summed E-state index contributed by atoms with van der Waals surface area (Å²) in [7, 11) is 0. The number of nitrogens with zero attached hydrogens (tertiary/aromatic N) is 1. The lowest BCUT2D eigenvalue weighted by Crippen LogP contribution is -2.47. The fourth-order valence-electron chi connectivity index (χ4n) is 4.41. The summed E-state index contributed by atoms with van der Waals surface area (Å²) in [6, 6.07) is 11.3. The first kappa shape index (κ1) is 14.1. The summed E-state index contributed by atoms with van der Waals surface area (Å²) in [4.78, 5) is 2.79. The molecule has 1 saturated heterocycles. The molecule has 1 aliphatic carbocycles. The predicted molar refractivity (Wildman–Crippen MR) is 85.5 cm³/mol. The van der Waals surface area contributed by atoms with Crippen molar-refractivity contribution in [2.75, 3.05) is 13.1 Å². The Balaban J connectivity index is 1.82. The van der Waals surface area contributed by atoms with Gasteiger partial charge < -0.3 is 0 Å². The zero-order valence-electron chi connectivity index (χ0n) is 12.7. The Hall–Kier alpha value is -0.820. The Labute approximate surface area is 124 Å². The highest BCUT2D eigenvalue weighted by molar-refractivity contribution is 5.26. The van der Waals surface area contributed by atoms with Crippen molar-refractivity contribution in [3.05, 3.63) is 42.8 Å². The van der Waals surface area contributed by atoms with Gasteiger partial charge in [-0.1, -0.05) is 50.1 Å². The lowest BCUT2D eigenvalue weighted by atomic mass is 9.71. The Morgan fingerprint density at radius 2 is 1.70 bits per heavy atom. The molecule has 0 atom stereocenters. The van der Waals surface area contributed by atoms with Crippen LogP contribution in [0.5, 0.6) is 0 Å². The minimum Gasteiger partial charge on any atom is -0.294 e. The number of benzene rings is 1. The van der Waals surface area contributed by atoms with E-state index in [1.54, 1.807) is 5.56 Å². The number of likely N-dealkylation sites (tertiary alicyclic amines) is 1. The van der Waals surface area contributed by atoms with Gasteiger partial charge >= 0.3 is 0 Å². The summed E-state index contributed by atoms with van der Waals surface area (Å²) < 4.78 is 0. The van der Waals surface area contributed by atoms with E-state index in [0.717, 1.165) is 12.3 Å². The molecule has 1 heteroatoms. The van der Waals surface area contributed by atoms with Crippen molar-refractivity contribution in [1.29, 1.82) is 0 Å². The van der Waals surface area contributed by atoms with Gasteiger partial charge in [0.25, 0.3) is 0 Å². The lowest BCUT2D eigenvalue weighted by molar-refractivity contribution is 0.0513. The normalized spacial score (nSPS) is 31.6. The maximum Gasteiger partial charge on any atom is 0.0460 e. The zero-order valence-corrected chi connectivity index (χ0v) is 12.7. The molecule has 0 N–H and O–H groups in total. The molecule has 2 aliphatic rings. The van der Waals surface area contributed by atoms with Crippen LogP contribution in [0.15, 0.2) is 30.3 Å². The molecule has 0 unspecified atom stereocenters. The minimum absolute atomic E-state index is 0.343. The van der Waals surface area contributed by atoms with E-state index in [9.17, 15) is 0 Å². The third-order valence-corrected chi connectivity index (χ3v) is 5.57. The average molecular weight is 270 g/mol. The molecular formula is C19H28N. The molecule has 1 radical (unpaired) electrons. The second-order valence-electron chi connectivity index (χ2n) is 6.68. The van der Waals surface area contributed by atoms with Crippen molar-refractivity contribution >= 4 is 0 Å². The second-order valence-corrected chi connectivity index (χ2v) is 6.68. The van der Waals surface area contributed by atoms with Crippen LogP contribution in [-0.2, 0) is 5.54 Å². The third-order valence-electron chi connectivity index (χ3n) is 5.57. The molecule has 109 valence electrons. The Morgan fingerprint density at radius 1 is 1.05 bits per heavy atom. The fraction of sp³-hybridized carbons (Fsp3) is 0.632. The molecule has 2 fully saturated rings. The SMILES string of the molecule is [CH2]CCC1CCC(c2ccccc2)(N2CCCC2)CC1. The zero-order chi connectivity index (χ0) is 13.8. The van der Waals surface area contributed by atoms with Gasteiger partial charge in [0.2, 0.25) is 0 Å². The van der Waals surface area contributed by atoms with E-state index in [0.29, 0.717) is 5.54 Å². The van der Waals surface area contributed by atoms with Gasteiger partial charge in [-0.05, 0) is 63.1 Å². The standard InChI is InChI=1S/C19H28N/c1-2-8-17-11-13-19(14-12-17,20-15-6-7-16-20)18-9-4-3-5-10-18/h3-5,9-10,17H,1-2,6-8,11-16H2. The van der Waals surface area contributed by atoms with Crippen LogP contribution >= 0.6 is 0 Å². The van der Waals surface area contributed by atoms with Crippen molar-refractivity contribution in [3.63, 3.8) is 0 Å². The topological polar surface area (TPSA) is 3.24 Å². The smallest absolute Gasteiger partial charge is 0.0460 e. The quantitative estimate of drug-likeness (QED) is 0.761. The van der Waals surface area contributed by atoms with Crippen LogP contribution in [-0.4, -0.2) is 18.0 Å². The van der Waals surface area contributed by atoms with Crippen molar-refractivity contribution in [3.8, 4) is 0 Å². The van der Waals surface area contributed by atoms with Gasteiger partial charge in [0.15, 0.2) is 0 Å². The molecule has 0 amide bonds. The van der Waals surface area contributed by atoms with Crippen LogP contribution in [0.2, 0.25) is 0 Å². The molecule has 1 aromatic carbocycles. The van der Waals surface area contributed by atoms with E-state index in [-0.39, 0.29) is 0 Å². The third kappa shape index (κ3) is 2.65. The van der Waals surface area contributed by atoms with Gasteiger partial charge in [0.1, 0.15) is 0 Å². The molecule has 0 bridgehead atoms. The summed E-state index contributed by atoms with van der Waals surface area (Å²) in [6.07, 6.45) is 10.7. The monoisotopic (exact) mass is 270 g/mol. The molecule has 1 aliphatic heterocycles. The summed E-state index contributed by atoms with van der Waals surface area (Å²) in [5.41, 5.74) is 1.91. The number of hydrogen-bond acceptors (Lipinski definition) is 1. The maximum absolute atomic E-state index is 4.04. The first-order valence-electron chi connectivity index (χ1n) is 8.45. The minimum atomic E-state index is 0.343. The fourth-order valence-corrected chi connectivity index (χ4v) is 4.41. The highest BCUT2D eigenvalue weighted by atomic mass is 15.2. The summed E-state index contributed by atoms with van der Waals surface area (Å²) in [5, 5.41) is 0. The van der Waals surface area contributed by atoms with Gasteiger partial charge in [0, 0.05) is 5.54 Å².